The van der Waals surface area contributed by atoms with Crippen molar-refractivity contribution >= 4 is 49.8 Å². The second-order valence-electron chi connectivity index (χ2n) is 7.11. The highest BCUT2D eigenvalue weighted by molar-refractivity contribution is 7.99. The minimum absolute atomic E-state index is 0.0642. The third-order valence-corrected chi connectivity index (χ3v) is 6.76. The molecule has 166 valence electrons. The molecule has 1 amide bonds. The number of rotatable bonds is 8. The molecular formula is C21H22N6O3S2. The highest BCUT2D eigenvalue weighted by Gasteiger charge is 2.14. The molecule has 9 nitrogen and oxygen atoms in total. The van der Waals surface area contributed by atoms with Crippen LogP contribution in [-0.2, 0) is 27.8 Å². The monoisotopic (exact) mass is 470 g/mol. The lowest BCUT2D eigenvalue weighted by Crippen LogP contribution is -2.27. The van der Waals surface area contributed by atoms with Crippen molar-refractivity contribution in [3.63, 3.8) is 0 Å². The summed E-state index contributed by atoms with van der Waals surface area (Å²) in [7, 11) is -3.70. The van der Waals surface area contributed by atoms with Crippen molar-refractivity contribution in [2.24, 2.45) is 5.14 Å². The van der Waals surface area contributed by atoms with Gasteiger partial charge in [0, 0.05) is 18.5 Å². The number of fused-ring (bicyclic) bond motifs is 3. The Labute approximate surface area is 189 Å². The predicted octanol–water partition coefficient (Wildman–Crippen LogP) is 2.10. The van der Waals surface area contributed by atoms with Gasteiger partial charge in [-0.25, -0.2) is 18.5 Å². The molecule has 0 aliphatic rings. The third-order valence-electron chi connectivity index (χ3n) is 4.99. The van der Waals surface area contributed by atoms with Crippen molar-refractivity contribution in [1.82, 2.24) is 25.1 Å². The fraction of sp³-hybridized carbons (Fsp3) is 0.238. The Kier molecular flexibility index (Phi) is 6.40. The van der Waals surface area contributed by atoms with Crippen LogP contribution in [0.2, 0.25) is 0 Å². The maximum atomic E-state index is 12.2. The molecule has 3 N–H and O–H groups in total. The number of para-hydroxylation sites is 1. The van der Waals surface area contributed by atoms with Crippen LogP contribution in [0, 0.1) is 0 Å². The molecule has 0 unspecified atom stereocenters. The van der Waals surface area contributed by atoms with Gasteiger partial charge in [-0.1, -0.05) is 42.1 Å². The summed E-state index contributed by atoms with van der Waals surface area (Å²) in [6.07, 6.45) is 0.571. The molecule has 4 aromatic rings. The summed E-state index contributed by atoms with van der Waals surface area (Å²) in [5.74, 6) is 0.0278. The first-order chi connectivity index (χ1) is 15.4. The maximum Gasteiger partial charge on any atom is 0.238 e. The average Bonchev–Trinajstić information content (AvgIpc) is 3.10. The number of carbonyl (C=O) groups is 1. The average molecular weight is 471 g/mol. The Bertz CT molecular complexity index is 1380. The normalized spacial score (nSPS) is 11.8. The third kappa shape index (κ3) is 4.74. The van der Waals surface area contributed by atoms with E-state index in [2.05, 4.69) is 32.0 Å². The first-order valence-electron chi connectivity index (χ1n) is 9.99. The maximum absolute atomic E-state index is 12.2. The Morgan fingerprint density at radius 3 is 2.59 bits per heavy atom. The first-order valence-corrected chi connectivity index (χ1v) is 12.5. The van der Waals surface area contributed by atoms with E-state index >= 15 is 0 Å². The second kappa shape index (κ2) is 9.23. The summed E-state index contributed by atoms with van der Waals surface area (Å²) < 4.78 is 24.7. The van der Waals surface area contributed by atoms with Crippen LogP contribution in [-0.4, -0.2) is 46.4 Å². The predicted molar refractivity (Wildman–Crippen MR) is 124 cm³/mol. The summed E-state index contributed by atoms with van der Waals surface area (Å²) in [6.45, 7) is 3.23. The highest BCUT2D eigenvalue weighted by Crippen LogP contribution is 2.26. The zero-order valence-corrected chi connectivity index (χ0v) is 19.0. The smallest absolute Gasteiger partial charge is 0.238 e. The minimum atomic E-state index is -3.70. The first kappa shape index (κ1) is 22.2. The zero-order valence-electron chi connectivity index (χ0n) is 17.4. The van der Waals surface area contributed by atoms with Gasteiger partial charge >= 0.3 is 0 Å². The molecule has 4 rings (SSSR count). The lowest BCUT2D eigenvalue weighted by Gasteiger charge is -2.06. The number of sulfonamides is 1. The Morgan fingerprint density at radius 1 is 1.12 bits per heavy atom. The van der Waals surface area contributed by atoms with Gasteiger partial charge in [-0.05, 0) is 37.1 Å². The van der Waals surface area contributed by atoms with Crippen LogP contribution in [0.1, 0.15) is 12.5 Å². The number of nitrogens with zero attached hydrogens (tertiary/aromatic N) is 4. The van der Waals surface area contributed by atoms with Crippen molar-refractivity contribution < 1.29 is 13.2 Å². The van der Waals surface area contributed by atoms with Gasteiger partial charge in [0.2, 0.25) is 21.1 Å². The van der Waals surface area contributed by atoms with E-state index in [0.29, 0.717) is 18.1 Å². The van der Waals surface area contributed by atoms with Crippen LogP contribution in [0.15, 0.2) is 58.6 Å². The number of hydrogen-bond donors (Lipinski definition) is 2. The summed E-state index contributed by atoms with van der Waals surface area (Å²) in [6, 6.07) is 14.3. The number of carbonyl (C=O) groups excluding carboxylic acids is 1. The number of nitrogens with one attached hydrogen (secondary N) is 1. The second-order valence-corrected chi connectivity index (χ2v) is 9.61. The van der Waals surface area contributed by atoms with Gasteiger partial charge in [-0.15, -0.1) is 10.2 Å². The zero-order chi connectivity index (χ0) is 22.7. The van der Waals surface area contributed by atoms with E-state index in [1.165, 1.54) is 23.9 Å². The van der Waals surface area contributed by atoms with Crippen molar-refractivity contribution in [1.29, 1.82) is 0 Å². The molecule has 2 aromatic heterocycles. The summed E-state index contributed by atoms with van der Waals surface area (Å²) in [5, 5.41) is 17.9. The van der Waals surface area contributed by atoms with Gasteiger partial charge in [-0.3, -0.25) is 4.79 Å². The van der Waals surface area contributed by atoms with Gasteiger partial charge in [0.25, 0.3) is 0 Å². The molecule has 0 saturated carbocycles. The molecule has 2 heterocycles. The van der Waals surface area contributed by atoms with E-state index in [1.54, 1.807) is 12.1 Å². The van der Waals surface area contributed by atoms with Crippen LogP contribution in [0.4, 0.5) is 0 Å². The number of benzene rings is 2. The molecular weight excluding hydrogens is 448 g/mol. The summed E-state index contributed by atoms with van der Waals surface area (Å²) in [4.78, 5) is 16.9. The van der Waals surface area contributed by atoms with Gasteiger partial charge in [0.1, 0.15) is 5.52 Å². The van der Waals surface area contributed by atoms with E-state index < -0.39 is 10.0 Å². The summed E-state index contributed by atoms with van der Waals surface area (Å²) >= 11 is 1.23. The highest BCUT2D eigenvalue weighted by atomic mass is 32.2. The molecule has 0 aliphatic carbocycles. The van der Waals surface area contributed by atoms with Crippen LogP contribution < -0.4 is 10.5 Å². The molecule has 2 aromatic carbocycles. The van der Waals surface area contributed by atoms with Crippen LogP contribution in [0.25, 0.3) is 22.1 Å². The number of amides is 1. The lowest BCUT2D eigenvalue weighted by atomic mass is 10.1. The van der Waals surface area contributed by atoms with E-state index in [1.807, 2.05) is 24.3 Å². The van der Waals surface area contributed by atoms with Crippen LogP contribution in [0.5, 0.6) is 0 Å². The minimum Gasteiger partial charge on any atom is -0.355 e. The molecule has 0 spiro atoms. The van der Waals surface area contributed by atoms with Crippen molar-refractivity contribution in [2.45, 2.75) is 29.9 Å². The quantitative estimate of drug-likeness (QED) is 0.377. The number of primary sulfonamides is 1. The van der Waals surface area contributed by atoms with Crippen LogP contribution >= 0.6 is 11.8 Å². The molecule has 0 aliphatic heterocycles. The fourth-order valence-electron chi connectivity index (χ4n) is 3.44. The Morgan fingerprint density at radius 2 is 1.88 bits per heavy atom. The Balaban J connectivity index is 1.34. The Hall–Kier alpha value is -3.02. The van der Waals surface area contributed by atoms with E-state index in [9.17, 15) is 13.2 Å². The number of hydrogen-bond acceptors (Lipinski definition) is 7. The lowest BCUT2D eigenvalue weighted by molar-refractivity contribution is -0.118. The molecule has 11 heteroatoms. The van der Waals surface area contributed by atoms with Crippen molar-refractivity contribution in [3.05, 3.63) is 54.1 Å². The van der Waals surface area contributed by atoms with E-state index in [4.69, 9.17) is 5.14 Å². The van der Waals surface area contributed by atoms with Crippen molar-refractivity contribution in [3.8, 4) is 0 Å². The van der Waals surface area contributed by atoms with Crippen molar-refractivity contribution in [2.75, 3.05) is 12.3 Å². The standard InChI is InChI=1S/C21H22N6O3S2/c1-2-27-17-6-4-3-5-16(17)19-20(27)24-21(26-25-19)31-13-18(28)23-12-11-14-7-9-15(10-8-14)32(22,29)30/h3-10H,2,11-13H2,1H3,(H,23,28)(H2,22,29,30). The fourth-order valence-corrected chi connectivity index (χ4v) is 4.57. The van der Waals surface area contributed by atoms with Gasteiger partial charge in [0.05, 0.1) is 16.2 Å². The molecule has 0 saturated heterocycles. The van der Waals surface area contributed by atoms with Gasteiger partial charge in [-0.2, -0.15) is 0 Å². The molecule has 0 fully saturated rings. The molecule has 32 heavy (non-hydrogen) atoms. The van der Waals surface area contributed by atoms with Gasteiger partial charge in [0.15, 0.2) is 5.65 Å². The van der Waals surface area contributed by atoms with E-state index in [0.717, 1.165) is 34.2 Å². The molecule has 0 radical (unpaired) electrons. The van der Waals surface area contributed by atoms with Gasteiger partial charge < -0.3 is 9.88 Å². The van der Waals surface area contributed by atoms with E-state index in [-0.39, 0.29) is 16.6 Å². The number of aryl methyl sites for hydroxylation is 1. The number of aromatic nitrogens is 4. The molecule has 0 atom stereocenters. The topological polar surface area (TPSA) is 133 Å². The van der Waals surface area contributed by atoms with Crippen LogP contribution in [0.3, 0.4) is 0 Å². The number of thioether (sulfide) groups is 1. The SMILES string of the molecule is CCn1c2ccccc2c2nnc(SCC(=O)NCCc3ccc(S(N)(=O)=O)cc3)nc21. The summed E-state index contributed by atoms with van der Waals surface area (Å²) in [5.41, 5.74) is 3.47. The molecule has 0 bridgehead atoms. The number of nitrogens with two attached hydrogens (primary N) is 1. The largest absolute Gasteiger partial charge is 0.355 e.